The van der Waals surface area contributed by atoms with E-state index in [9.17, 15) is 9.90 Å². The summed E-state index contributed by atoms with van der Waals surface area (Å²) in [4.78, 5) is 12.1. The molecule has 0 amide bonds. The van der Waals surface area contributed by atoms with Gasteiger partial charge in [-0.15, -0.1) is 11.3 Å². The summed E-state index contributed by atoms with van der Waals surface area (Å²) in [5, 5.41) is 11.1. The van der Waals surface area contributed by atoms with Crippen LogP contribution in [0.1, 0.15) is 41.6 Å². The molecule has 0 aliphatic rings. The highest BCUT2D eigenvalue weighted by Crippen LogP contribution is 2.24. The zero-order chi connectivity index (χ0) is 9.14. The lowest BCUT2D eigenvalue weighted by Crippen LogP contribution is -2.00. The van der Waals surface area contributed by atoms with Gasteiger partial charge in [0.1, 0.15) is 0 Å². The molecule has 1 N–H and O–H groups in total. The number of rotatable bonds is 3. The molecule has 0 saturated heterocycles. The summed E-state index contributed by atoms with van der Waals surface area (Å²) in [6.45, 7) is 3.50. The second-order valence-electron chi connectivity index (χ2n) is 2.65. The molecule has 0 spiro atoms. The molecule has 1 aromatic heterocycles. The third kappa shape index (κ3) is 1.73. The highest BCUT2D eigenvalue weighted by Gasteiger charge is 2.13. The molecule has 0 aliphatic heterocycles. The molecule has 1 atom stereocenters. The van der Waals surface area contributed by atoms with Crippen molar-refractivity contribution in [2.45, 2.75) is 26.4 Å². The molecule has 0 radical (unpaired) electrons. The Morgan fingerprint density at radius 1 is 1.75 bits per heavy atom. The summed E-state index contributed by atoms with van der Waals surface area (Å²) < 4.78 is 0. The molecule has 66 valence electrons. The standard InChI is InChI=1S/C9H12O2S/c1-3-8(11)7-4-5-12-9(7)6(2)10/h4-6,10H,3H2,1-2H3. The molecule has 3 heteroatoms. The van der Waals surface area contributed by atoms with Crippen molar-refractivity contribution in [3.8, 4) is 0 Å². The minimum atomic E-state index is -0.532. The molecular formula is C9H12O2S. The molecule has 1 unspecified atom stereocenters. The van der Waals surface area contributed by atoms with Gasteiger partial charge in [0, 0.05) is 16.9 Å². The fraction of sp³-hybridized carbons (Fsp3) is 0.444. The number of carbonyl (C=O) groups is 1. The Hall–Kier alpha value is -0.670. The number of hydrogen-bond acceptors (Lipinski definition) is 3. The number of aliphatic hydroxyl groups excluding tert-OH is 1. The third-order valence-corrected chi connectivity index (χ3v) is 2.78. The maximum Gasteiger partial charge on any atom is 0.163 e. The number of carbonyl (C=O) groups excluding carboxylic acids is 1. The zero-order valence-electron chi connectivity index (χ0n) is 7.20. The van der Waals surface area contributed by atoms with Crippen LogP contribution in [0, 0.1) is 0 Å². The van der Waals surface area contributed by atoms with Crippen LogP contribution < -0.4 is 0 Å². The summed E-state index contributed by atoms with van der Waals surface area (Å²) in [5.74, 6) is 0.104. The number of aliphatic hydroxyl groups is 1. The van der Waals surface area contributed by atoms with Gasteiger partial charge in [-0.3, -0.25) is 4.79 Å². The van der Waals surface area contributed by atoms with Crippen LogP contribution in [0.2, 0.25) is 0 Å². The Balaban J connectivity index is 2.99. The smallest absolute Gasteiger partial charge is 0.163 e. The Kier molecular flexibility index (Phi) is 3.00. The fourth-order valence-corrected chi connectivity index (χ4v) is 1.92. The summed E-state index contributed by atoms with van der Waals surface area (Å²) in [6.07, 6.45) is -0.0355. The predicted molar refractivity (Wildman–Crippen MR) is 49.6 cm³/mol. The van der Waals surface area contributed by atoms with E-state index in [-0.39, 0.29) is 5.78 Å². The molecular weight excluding hydrogens is 172 g/mol. The van der Waals surface area contributed by atoms with Gasteiger partial charge in [0.25, 0.3) is 0 Å². The van der Waals surface area contributed by atoms with Crippen LogP contribution >= 0.6 is 11.3 Å². The van der Waals surface area contributed by atoms with Crippen LogP contribution in [-0.2, 0) is 0 Å². The van der Waals surface area contributed by atoms with E-state index < -0.39 is 6.10 Å². The van der Waals surface area contributed by atoms with Crippen LogP contribution in [0.25, 0.3) is 0 Å². The summed E-state index contributed by atoms with van der Waals surface area (Å²) >= 11 is 1.43. The highest BCUT2D eigenvalue weighted by molar-refractivity contribution is 7.10. The van der Waals surface area contributed by atoms with Crippen LogP contribution in [0.3, 0.4) is 0 Å². The quantitative estimate of drug-likeness (QED) is 0.732. The topological polar surface area (TPSA) is 37.3 Å². The van der Waals surface area contributed by atoms with Gasteiger partial charge in [0.2, 0.25) is 0 Å². The van der Waals surface area contributed by atoms with Gasteiger partial charge in [0.15, 0.2) is 5.78 Å². The monoisotopic (exact) mass is 184 g/mol. The molecule has 0 fully saturated rings. The molecule has 0 aromatic carbocycles. The van der Waals surface area contributed by atoms with Crippen molar-refractivity contribution in [3.05, 3.63) is 21.9 Å². The zero-order valence-corrected chi connectivity index (χ0v) is 8.02. The average Bonchev–Trinajstić information content (AvgIpc) is 2.50. The van der Waals surface area contributed by atoms with Crippen LogP contribution in [0.15, 0.2) is 11.4 Å². The van der Waals surface area contributed by atoms with Crippen LogP contribution in [0.5, 0.6) is 0 Å². The Morgan fingerprint density at radius 3 is 2.92 bits per heavy atom. The van der Waals surface area contributed by atoms with E-state index >= 15 is 0 Å². The van der Waals surface area contributed by atoms with Gasteiger partial charge in [-0.05, 0) is 18.4 Å². The molecule has 1 rings (SSSR count). The van der Waals surface area contributed by atoms with E-state index in [0.29, 0.717) is 12.0 Å². The number of hydrogen-bond donors (Lipinski definition) is 1. The predicted octanol–water partition coefficient (Wildman–Crippen LogP) is 2.39. The molecule has 2 nitrogen and oxygen atoms in total. The van der Waals surface area contributed by atoms with Crippen molar-refractivity contribution in [2.75, 3.05) is 0 Å². The fourth-order valence-electron chi connectivity index (χ4n) is 1.07. The first-order chi connectivity index (χ1) is 5.66. The van der Waals surface area contributed by atoms with E-state index in [0.717, 1.165) is 4.88 Å². The Bertz CT molecular complexity index is 276. The summed E-state index contributed by atoms with van der Waals surface area (Å²) in [7, 11) is 0. The molecule has 1 heterocycles. The van der Waals surface area contributed by atoms with Crippen LogP contribution in [-0.4, -0.2) is 10.9 Å². The SMILES string of the molecule is CCC(=O)c1ccsc1C(C)O. The lowest BCUT2D eigenvalue weighted by Gasteiger charge is -2.03. The van der Waals surface area contributed by atoms with Gasteiger partial charge in [0.05, 0.1) is 6.10 Å². The van der Waals surface area contributed by atoms with Gasteiger partial charge >= 0.3 is 0 Å². The lowest BCUT2D eigenvalue weighted by atomic mass is 10.1. The van der Waals surface area contributed by atoms with E-state index in [4.69, 9.17) is 0 Å². The molecule has 0 aliphatic carbocycles. The van der Waals surface area contributed by atoms with E-state index in [1.807, 2.05) is 12.3 Å². The first-order valence-electron chi connectivity index (χ1n) is 3.95. The summed E-state index contributed by atoms with van der Waals surface area (Å²) in [5.41, 5.74) is 0.678. The number of thiophene rings is 1. The first kappa shape index (κ1) is 9.42. The number of ketones is 1. The highest BCUT2D eigenvalue weighted by atomic mass is 32.1. The van der Waals surface area contributed by atoms with Crippen molar-refractivity contribution in [1.29, 1.82) is 0 Å². The average molecular weight is 184 g/mol. The van der Waals surface area contributed by atoms with Gasteiger partial charge in [-0.1, -0.05) is 6.92 Å². The van der Waals surface area contributed by atoms with Gasteiger partial charge in [-0.2, -0.15) is 0 Å². The van der Waals surface area contributed by atoms with Crippen molar-refractivity contribution >= 4 is 17.1 Å². The lowest BCUT2D eigenvalue weighted by molar-refractivity contribution is 0.0983. The second kappa shape index (κ2) is 3.83. The minimum absolute atomic E-state index is 0.104. The first-order valence-corrected chi connectivity index (χ1v) is 4.83. The Labute approximate surface area is 75.9 Å². The summed E-state index contributed by atoms with van der Waals surface area (Å²) in [6, 6.07) is 1.78. The van der Waals surface area contributed by atoms with Gasteiger partial charge < -0.3 is 5.11 Å². The van der Waals surface area contributed by atoms with Crippen molar-refractivity contribution in [1.82, 2.24) is 0 Å². The van der Waals surface area contributed by atoms with E-state index in [2.05, 4.69) is 0 Å². The number of Topliss-reactive ketones (excluding diaryl/α,β-unsaturated/α-hetero) is 1. The van der Waals surface area contributed by atoms with E-state index in [1.54, 1.807) is 13.0 Å². The maximum absolute atomic E-state index is 11.3. The molecule has 0 bridgehead atoms. The maximum atomic E-state index is 11.3. The molecule has 1 aromatic rings. The molecule has 0 saturated carbocycles. The van der Waals surface area contributed by atoms with E-state index in [1.165, 1.54) is 11.3 Å². The minimum Gasteiger partial charge on any atom is -0.388 e. The second-order valence-corrected chi connectivity index (χ2v) is 3.60. The molecule has 12 heavy (non-hydrogen) atoms. The van der Waals surface area contributed by atoms with Crippen molar-refractivity contribution < 1.29 is 9.90 Å². The third-order valence-electron chi connectivity index (χ3n) is 1.70. The largest absolute Gasteiger partial charge is 0.388 e. The van der Waals surface area contributed by atoms with Crippen molar-refractivity contribution in [3.63, 3.8) is 0 Å². The van der Waals surface area contributed by atoms with Crippen molar-refractivity contribution in [2.24, 2.45) is 0 Å². The van der Waals surface area contributed by atoms with Crippen LogP contribution in [0.4, 0.5) is 0 Å². The van der Waals surface area contributed by atoms with Gasteiger partial charge in [-0.25, -0.2) is 0 Å². The normalized spacial score (nSPS) is 12.9. The Morgan fingerprint density at radius 2 is 2.42 bits per heavy atom.